The molecule has 2 amide bonds. The van der Waals surface area contributed by atoms with Crippen LogP contribution < -0.4 is 20.3 Å². The average Bonchev–Trinajstić information content (AvgIpc) is 3.35. The zero-order valence-electron chi connectivity index (χ0n) is 18.1. The Balaban J connectivity index is 1.75. The molecule has 0 atom stereocenters. The molecule has 9 nitrogen and oxygen atoms in total. The molecule has 3 rings (SSSR count). The van der Waals surface area contributed by atoms with Crippen LogP contribution in [0.25, 0.3) is 0 Å². The van der Waals surface area contributed by atoms with E-state index in [2.05, 4.69) is 20.3 Å². The summed E-state index contributed by atoms with van der Waals surface area (Å²) in [5, 5.41) is 5.55. The van der Waals surface area contributed by atoms with Gasteiger partial charge in [0.25, 0.3) is 0 Å². The van der Waals surface area contributed by atoms with Crippen LogP contribution >= 0.6 is 22.9 Å². The first kappa shape index (κ1) is 24.4. The molecule has 1 fully saturated rings. The molecular weight excluding hydrogens is 474 g/mol. The molecule has 32 heavy (non-hydrogen) atoms. The van der Waals surface area contributed by atoms with E-state index in [9.17, 15) is 18.0 Å². The number of halogens is 1. The van der Waals surface area contributed by atoms with E-state index in [1.807, 2.05) is 25.1 Å². The van der Waals surface area contributed by atoms with Gasteiger partial charge in [0.15, 0.2) is 10.9 Å². The lowest BCUT2D eigenvalue weighted by molar-refractivity contribution is 0.0924. The largest absolute Gasteiger partial charge is 0.378 e. The van der Waals surface area contributed by atoms with Gasteiger partial charge in [-0.25, -0.2) is 22.9 Å². The van der Waals surface area contributed by atoms with E-state index in [-0.39, 0.29) is 27.7 Å². The molecule has 0 spiro atoms. The van der Waals surface area contributed by atoms with Crippen LogP contribution in [0.4, 0.5) is 21.3 Å². The summed E-state index contributed by atoms with van der Waals surface area (Å²) in [5.41, 5.74) is 2.08. The van der Waals surface area contributed by atoms with E-state index < -0.39 is 16.1 Å². The maximum atomic E-state index is 13.1. The fourth-order valence-corrected chi connectivity index (χ4v) is 4.91. The molecule has 1 heterocycles. The maximum absolute atomic E-state index is 13.1. The minimum Gasteiger partial charge on any atom is -0.378 e. The molecule has 0 bridgehead atoms. The van der Waals surface area contributed by atoms with E-state index in [1.165, 1.54) is 0 Å². The van der Waals surface area contributed by atoms with E-state index in [0.29, 0.717) is 16.9 Å². The zero-order chi connectivity index (χ0) is 23.5. The van der Waals surface area contributed by atoms with E-state index in [0.717, 1.165) is 49.0 Å². The normalized spacial score (nSPS) is 14.4. The van der Waals surface area contributed by atoms with Gasteiger partial charge < -0.3 is 10.2 Å². The minimum atomic E-state index is -3.40. The topological polar surface area (TPSA) is 120 Å². The van der Waals surface area contributed by atoms with Gasteiger partial charge in [0.2, 0.25) is 10.0 Å². The second-order valence-corrected chi connectivity index (χ2v) is 11.3. The average molecular weight is 500 g/mol. The van der Waals surface area contributed by atoms with Crippen molar-refractivity contribution in [3.63, 3.8) is 0 Å². The molecule has 1 saturated carbocycles. The van der Waals surface area contributed by atoms with Crippen LogP contribution in [0.1, 0.15) is 41.7 Å². The first-order valence-corrected chi connectivity index (χ1v) is 13.2. The number of ketones is 1. The third-order valence-electron chi connectivity index (χ3n) is 5.13. The van der Waals surface area contributed by atoms with Gasteiger partial charge in [-0.15, -0.1) is 0 Å². The van der Waals surface area contributed by atoms with Crippen LogP contribution in [0, 0.1) is 5.92 Å². The smallest absolute Gasteiger partial charge is 0.325 e. The number of nitrogens with one attached hydrogen (secondary N) is 3. The summed E-state index contributed by atoms with van der Waals surface area (Å²) in [6, 6.07) is 4.77. The number of rotatable bonds is 8. The first-order valence-electron chi connectivity index (χ1n) is 10.1. The molecule has 0 unspecified atom stereocenters. The van der Waals surface area contributed by atoms with Crippen molar-refractivity contribution in [3.05, 3.63) is 33.8 Å². The van der Waals surface area contributed by atoms with Crippen molar-refractivity contribution in [2.75, 3.05) is 35.9 Å². The standard InChI is InChI=1S/C20H26ClN5O4S2/c1-26(2)13-8-9-15(14(10-13)17(27)12-6-4-5-7-12)23-19(28)25-20-24-16(18(21)31-20)11-22-32(3,29)30/h8-10,12,22H,4-7,11H2,1-3H3,(H2,23,24,25,28). The Morgan fingerprint density at radius 3 is 2.53 bits per heavy atom. The molecule has 2 aromatic rings. The number of amides is 2. The number of hydrogen-bond donors (Lipinski definition) is 3. The second kappa shape index (κ2) is 10.2. The number of carbonyl (C=O) groups is 2. The molecule has 174 valence electrons. The number of urea groups is 1. The number of Topliss-reactive ketones (excluding diaryl/α,β-unsaturated/α-hetero) is 1. The van der Waals surface area contributed by atoms with Crippen molar-refractivity contribution in [1.82, 2.24) is 9.71 Å². The van der Waals surface area contributed by atoms with Crippen molar-refractivity contribution in [1.29, 1.82) is 0 Å². The predicted molar refractivity (Wildman–Crippen MR) is 129 cm³/mol. The van der Waals surface area contributed by atoms with Crippen LogP contribution in [-0.4, -0.2) is 45.6 Å². The number of anilines is 3. The van der Waals surface area contributed by atoms with Crippen molar-refractivity contribution < 1.29 is 18.0 Å². The first-order chi connectivity index (χ1) is 15.0. The predicted octanol–water partition coefficient (Wildman–Crippen LogP) is 3.93. The Hall–Kier alpha value is -2.21. The van der Waals surface area contributed by atoms with Crippen LogP contribution in [0.2, 0.25) is 4.34 Å². The summed E-state index contributed by atoms with van der Waals surface area (Å²) >= 11 is 7.12. The van der Waals surface area contributed by atoms with E-state index >= 15 is 0 Å². The van der Waals surface area contributed by atoms with E-state index in [4.69, 9.17) is 11.6 Å². The summed E-state index contributed by atoms with van der Waals surface area (Å²) in [4.78, 5) is 31.8. The highest BCUT2D eigenvalue weighted by molar-refractivity contribution is 7.88. The Morgan fingerprint density at radius 1 is 1.22 bits per heavy atom. The summed E-state index contributed by atoms with van der Waals surface area (Å²) in [5.74, 6) is 0.00613. The molecule has 0 saturated heterocycles. The van der Waals surface area contributed by atoms with E-state index in [1.54, 1.807) is 12.1 Å². The summed E-state index contributed by atoms with van der Waals surface area (Å²) in [6.07, 6.45) is 4.83. The number of aromatic nitrogens is 1. The molecule has 0 radical (unpaired) electrons. The second-order valence-electron chi connectivity index (χ2n) is 7.88. The number of nitrogens with zero attached hydrogens (tertiary/aromatic N) is 2. The number of sulfonamides is 1. The van der Waals surface area contributed by atoms with Crippen LogP contribution in [0.5, 0.6) is 0 Å². The maximum Gasteiger partial charge on any atom is 0.325 e. The lowest BCUT2D eigenvalue weighted by Gasteiger charge is -2.18. The summed E-state index contributed by atoms with van der Waals surface area (Å²) in [7, 11) is 0.378. The molecule has 1 aromatic heterocycles. The van der Waals surface area contributed by atoms with Gasteiger partial charge in [-0.1, -0.05) is 35.8 Å². The SMILES string of the molecule is CN(C)c1ccc(NC(=O)Nc2nc(CNS(C)(=O)=O)c(Cl)s2)c(C(=O)C2CCCC2)c1. The third-order valence-corrected chi connectivity index (χ3v) is 7.05. The van der Waals surface area contributed by atoms with Gasteiger partial charge >= 0.3 is 6.03 Å². The number of thiazole rings is 1. The Morgan fingerprint density at radius 2 is 1.91 bits per heavy atom. The molecular formula is C20H26ClN5O4S2. The molecule has 1 aliphatic carbocycles. The summed E-state index contributed by atoms with van der Waals surface area (Å²) < 4.78 is 25.1. The lowest BCUT2D eigenvalue weighted by atomic mass is 9.94. The van der Waals surface area contributed by atoms with Crippen molar-refractivity contribution in [2.24, 2.45) is 5.92 Å². The molecule has 1 aliphatic rings. The molecule has 1 aromatic carbocycles. The number of carbonyl (C=O) groups excluding carboxylic acids is 2. The van der Waals surface area contributed by atoms with Crippen LogP contribution in [0.3, 0.4) is 0 Å². The quantitative estimate of drug-likeness (QED) is 0.473. The lowest BCUT2D eigenvalue weighted by Crippen LogP contribution is -2.23. The van der Waals surface area contributed by atoms with Crippen LogP contribution in [-0.2, 0) is 16.6 Å². The Labute approximate surface area is 196 Å². The van der Waals surface area contributed by atoms with Crippen LogP contribution in [0.15, 0.2) is 18.2 Å². The Bertz CT molecular complexity index is 1110. The molecule has 3 N–H and O–H groups in total. The van der Waals surface area contributed by atoms with Crippen molar-refractivity contribution >= 4 is 61.3 Å². The van der Waals surface area contributed by atoms with Crippen molar-refractivity contribution in [2.45, 2.75) is 32.2 Å². The van der Waals surface area contributed by atoms with Gasteiger partial charge in [0, 0.05) is 31.3 Å². The van der Waals surface area contributed by atoms with Gasteiger partial charge in [-0.2, -0.15) is 0 Å². The summed E-state index contributed by atoms with van der Waals surface area (Å²) in [6.45, 7) is -0.0799. The fraction of sp³-hybridized carbons (Fsp3) is 0.450. The molecule has 12 heteroatoms. The van der Waals surface area contributed by atoms with Gasteiger partial charge in [0.05, 0.1) is 24.2 Å². The van der Waals surface area contributed by atoms with Gasteiger partial charge in [0.1, 0.15) is 4.34 Å². The number of benzene rings is 1. The molecule has 0 aliphatic heterocycles. The monoisotopic (exact) mass is 499 g/mol. The third kappa shape index (κ3) is 6.41. The number of hydrogen-bond acceptors (Lipinski definition) is 7. The fourth-order valence-electron chi connectivity index (χ4n) is 3.48. The highest BCUT2D eigenvalue weighted by Crippen LogP contribution is 2.33. The zero-order valence-corrected chi connectivity index (χ0v) is 20.5. The highest BCUT2D eigenvalue weighted by atomic mass is 35.5. The van der Waals surface area contributed by atoms with Crippen molar-refractivity contribution in [3.8, 4) is 0 Å². The minimum absolute atomic E-state index is 0.0290. The highest BCUT2D eigenvalue weighted by Gasteiger charge is 2.26. The van der Waals surface area contributed by atoms with Gasteiger partial charge in [-0.05, 0) is 31.0 Å². The Kier molecular flexibility index (Phi) is 7.75. The van der Waals surface area contributed by atoms with Gasteiger partial charge in [-0.3, -0.25) is 10.1 Å².